The number of hydrogen-bond donors (Lipinski definition) is 2. The van der Waals surface area contributed by atoms with Gasteiger partial charge in [0.25, 0.3) is 5.91 Å². The zero-order valence-electron chi connectivity index (χ0n) is 10.4. The lowest BCUT2D eigenvalue weighted by atomic mass is 10.2. The van der Waals surface area contributed by atoms with Crippen molar-refractivity contribution < 1.29 is 4.79 Å². The monoisotopic (exact) mass is 236 g/mol. The number of amides is 1. The molecule has 1 saturated carbocycles. The third kappa shape index (κ3) is 2.60. The van der Waals surface area contributed by atoms with Gasteiger partial charge >= 0.3 is 0 Å². The van der Waals surface area contributed by atoms with E-state index >= 15 is 0 Å². The number of nitrogens with two attached hydrogens (primary N) is 1. The van der Waals surface area contributed by atoms with E-state index in [-0.39, 0.29) is 11.9 Å². The van der Waals surface area contributed by atoms with E-state index in [4.69, 9.17) is 5.73 Å². The molecule has 1 aromatic heterocycles. The molecule has 1 aromatic rings. The maximum Gasteiger partial charge on any atom is 0.256 e. The molecule has 5 heteroatoms. The Morgan fingerprint density at radius 1 is 1.53 bits per heavy atom. The van der Waals surface area contributed by atoms with Gasteiger partial charge in [-0.05, 0) is 26.7 Å². The van der Waals surface area contributed by atoms with E-state index in [2.05, 4.69) is 10.4 Å². The van der Waals surface area contributed by atoms with Crippen LogP contribution in [0.2, 0.25) is 0 Å². The van der Waals surface area contributed by atoms with Crippen LogP contribution in [0.5, 0.6) is 0 Å². The van der Waals surface area contributed by atoms with Crippen molar-refractivity contribution in [2.45, 2.75) is 51.6 Å². The summed E-state index contributed by atoms with van der Waals surface area (Å²) in [5.41, 5.74) is 6.28. The largest absolute Gasteiger partial charge is 0.382 e. The van der Waals surface area contributed by atoms with Gasteiger partial charge in [0.05, 0.1) is 6.04 Å². The van der Waals surface area contributed by atoms with Gasteiger partial charge in [-0.2, -0.15) is 5.10 Å². The minimum Gasteiger partial charge on any atom is -0.382 e. The zero-order valence-corrected chi connectivity index (χ0v) is 10.4. The molecule has 3 N–H and O–H groups in total. The van der Waals surface area contributed by atoms with Gasteiger partial charge in [-0.3, -0.25) is 9.48 Å². The Bertz CT molecular complexity index is 405. The van der Waals surface area contributed by atoms with Crippen molar-refractivity contribution in [3.05, 3.63) is 11.8 Å². The van der Waals surface area contributed by atoms with Gasteiger partial charge in [-0.25, -0.2) is 0 Å². The summed E-state index contributed by atoms with van der Waals surface area (Å²) < 4.78 is 1.86. The third-order valence-corrected chi connectivity index (χ3v) is 3.12. The van der Waals surface area contributed by atoms with Gasteiger partial charge < -0.3 is 11.1 Å². The number of rotatable bonds is 3. The Labute approximate surface area is 101 Å². The highest BCUT2D eigenvalue weighted by molar-refractivity contribution is 5.98. The molecular formula is C12H20N4O. The van der Waals surface area contributed by atoms with Crippen molar-refractivity contribution >= 4 is 11.7 Å². The number of carbonyl (C=O) groups excluding carboxylic acids is 1. The number of aromatic nitrogens is 2. The van der Waals surface area contributed by atoms with E-state index in [9.17, 15) is 4.79 Å². The number of nitrogens with zero attached hydrogens (tertiary/aromatic N) is 2. The predicted molar refractivity (Wildman–Crippen MR) is 66.7 cm³/mol. The standard InChI is InChI=1S/C12H20N4O/c1-8(2)14-12(17)10-7-16(15-11(10)13)9-5-3-4-6-9/h7-9H,3-6H2,1-2H3,(H2,13,15)(H,14,17). The van der Waals surface area contributed by atoms with E-state index in [0.29, 0.717) is 17.4 Å². The molecule has 1 aliphatic rings. The molecule has 94 valence electrons. The zero-order chi connectivity index (χ0) is 12.4. The highest BCUT2D eigenvalue weighted by atomic mass is 16.1. The summed E-state index contributed by atoms with van der Waals surface area (Å²) in [5.74, 6) is 0.191. The first-order chi connectivity index (χ1) is 8.08. The van der Waals surface area contributed by atoms with E-state index in [1.165, 1.54) is 12.8 Å². The smallest absolute Gasteiger partial charge is 0.256 e. The van der Waals surface area contributed by atoms with Gasteiger partial charge in [0.2, 0.25) is 0 Å². The lowest BCUT2D eigenvalue weighted by Gasteiger charge is -2.08. The van der Waals surface area contributed by atoms with Crippen LogP contribution in [0.1, 0.15) is 55.9 Å². The van der Waals surface area contributed by atoms with E-state index in [1.54, 1.807) is 6.20 Å². The molecule has 5 nitrogen and oxygen atoms in total. The Morgan fingerprint density at radius 2 is 2.18 bits per heavy atom. The Kier molecular flexibility index (Phi) is 3.36. The van der Waals surface area contributed by atoms with E-state index in [0.717, 1.165) is 12.8 Å². The van der Waals surface area contributed by atoms with Gasteiger partial charge in [-0.15, -0.1) is 0 Å². The highest BCUT2D eigenvalue weighted by Crippen LogP contribution is 2.29. The summed E-state index contributed by atoms with van der Waals surface area (Å²) >= 11 is 0. The van der Waals surface area contributed by atoms with Crippen molar-refractivity contribution in [2.24, 2.45) is 0 Å². The van der Waals surface area contributed by atoms with Gasteiger partial charge in [0.1, 0.15) is 5.56 Å². The number of anilines is 1. The lowest BCUT2D eigenvalue weighted by molar-refractivity contribution is 0.0944. The van der Waals surface area contributed by atoms with Crippen molar-refractivity contribution in [3.8, 4) is 0 Å². The first-order valence-electron chi connectivity index (χ1n) is 6.23. The van der Waals surface area contributed by atoms with Crippen LogP contribution in [0.3, 0.4) is 0 Å². The molecule has 2 rings (SSSR count). The topological polar surface area (TPSA) is 72.9 Å². The molecular weight excluding hydrogens is 216 g/mol. The summed E-state index contributed by atoms with van der Waals surface area (Å²) in [4.78, 5) is 11.9. The van der Waals surface area contributed by atoms with Crippen LogP contribution in [0, 0.1) is 0 Å². The molecule has 0 aliphatic heterocycles. The average Bonchev–Trinajstić information content (AvgIpc) is 2.84. The minimum atomic E-state index is -0.137. The Hall–Kier alpha value is -1.52. The maximum atomic E-state index is 11.9. The molecule has 0 spiro atoms. The van der Waals surface area contributed by atoms with Crippen LogP contribution < -0.4 is 11.1 Å². The van der Waals surface area contributed by atoms with Crippen LogP contribution in [0.4, 0.5) is 5.82 Å². The van der Waals surface area contributed by atoms with Crippen LogP contribution in [0.25, 0.3) is 0 Å². The highest BCUT2D eigenvalue weighted by Gasteiger charge is 2.21. The summed E-state index contributed by atoms with van der Waals surface area (Å²) in [6.45, 7) is 3.85. The van der Waals surface area contributed by atoms with Crippen molar-refractivity contribution in [1.82, 2.24) is 15.1 Å². The Balaban J connectivity index is 2.15. The lowest BCUT2D eigenvalue weighted by Crippen LogP contribution is -2.30. The number of nitrogen functional groups attached to an aromatic ring is 1. The average molecular weight is 236 g/mol. The van der Waals surface area contributed by atoms with Crippen LogP contribution in [0.15, 0.2) is 6.20 Å². The molecule has 0 unspecified atom stereocenters. The fourth-order valence-corrected chi connectivity index (χ4v) is 2.28. The molecule has 0 aromatic carbocycles. The normalized spacial score (nSPS) is 16.6. The number of carbonyl (C=O) groups is 1. The van der Waals surface area contributed by atoms with Crippen LogP contribution >= 0.6 is 0 Å². The molecule has 17 heavy (non-hydrogen) atoms. The second-order valence-electron chi connectivity index (χ2n) is 4.97. The van der Waals surface area contributed by atoms with E-state index in [1.807, 2.05) is 18.5 Å². The molecule has 1 aliphatic carbocycles. The van der Waals surface area contributed by atoms with Crippen LogP contribution in [-0.4, -0.2) is 21.7 Å². The fraction of sp³-hybridized carbons (Fsp3) is 0.667. The predicted octanol–water partition coefficient (Wildman–Crippen LogP) is 1.72. The molecule has 1 heterocycles. The second-order valence-corrected chi connectivity index (χ2v) is 4.97. The quantitative estimate of drug-likeness (QED) is 0.839. The molecule has 1 fully saturated rings. The summed E-state index contributed by atoms with van der Waals surface area (Å²) in [5, 5.41) is 7.09. The summed E-state index contributed by atoms with van der Waals surface area (Å²) in [7, 11) is 0. The second kappa shape index (κ2) is 4.77. The molecule has 1 amide bonds. The Morgan fingerprint density at radius 3 is 2.76 bits per heavy atom. The van der Waals surface area contributed by atoms with Gasteiger partial charge in [0, 0.05) is 12.2 Å². The molecule has 0 radical (unpaired) electrons. The first-order valence-corrected chi connectivity index (χ1v) is 6.23. The number of hydrogen-bond acceptors (Lipinski definition) is 3. The molecule has 0 saturated heterocycles. The van der Waals surface area contributed by atoms with E-state index < -0.39 is 0 Å². The maximum absolute atomic E-state index is 11.9. The van der Waals surface area contributed by atoms with Crippen molar-refractivity contribution in [2.75, 3.05) is 5.73 Å². The third-order valence-electron chi connectivity index (χ3n) is 3.12. The minimum absolute atomic E-state index is 0.108. The molecule has 0 bridgehead atoms. The van der Waals surface area contributed by atoms with Crippen molar-refractivity contribution in [1.29, 1.82) is 0 Å². The van der Waals surface area contributed by atoms with Crippen LogP contribution in [-0.2, 0) is 0 Å². The van der Waals surface area contributed by atoms with Crippen molar-refractivity contribution in [3.63, 3.8) is 0 Å². The summed E-state index contributed by atoms with van der Waals surface area (Å²) in [6, 6.07) is 0.523. The fourth-order valence-electron chi connectivity index (χ4n) is 2.28. The first kappa shape index (κ1) is 12.0. The van der Waals surface area contributed by atoms with Gasteiger partial charge in [-0.1, -0.05) is 12.8 Å². The number of nitrogens with one attached hydrogen (secondary N) is 1. The van der Waals surface area contributed by atoms with Gasteiger partial charge in [0.15, 0.2) is 5.82 Å². The summed E-state index contributed by atoms with van der Waals surface area (Å²) in [6.07, 6.45) is 6.51. The SMILES string of the molecule is CC(C)NC(=O)c1cn(C2CCCC2)nc1N. The molecule has 0 atom stereocenters.